The van der Waals surface area contributed by atoms with Crippen LogP contribution in [0.15, 0.2) is 30.5 Å². The predicted molar refractivity (Wildman–Crippen MR) is 98.5 cm³/mol. The van der Waals surface area contributed by atoms with Crippen LogP contribution in [-0.4, -0.2) is 46.4 Å². The van der Waals surface area contributed by atoms with Crippen LogP contribution in [0.4, 0.5) is 4.79 Å². The Labute approximate surface area is 152 Å². The summed E-state index contributed by atoms with van der Waals surface area (Å²) in [5.41, 5.74) is 1.95. The molecule has 1 fully saturated rings. The van der Waals surface area contributed by atoms with Gasteiger partial charge in [0.1, 0.15) is 12.6 Å². The molecule has 1 aromatic carbocycles. The first-order chi connectivity index (χ1) is 12.5. The lowest BCUT2D eigenvalue weighted by Crippen LogP contribution is -2.43. The number of hydrogen-bond donors (Lipinski definition) is 3. The molecule has 2 heterocycles. The number of carbonyl (C=O) groups is 3. The zero-order valence-electron chi connectivity index (χ0n) is 15.0. The van der Waals surface area contributed by atoms with Gasteiger partial charge in [0.25, 0.3) is 5.91 Å². The van der Waals surface area contributed by atoms with Crippen LogP contribution in [0, 0.1) is 0 Å². The Morgan fingerprint density at radius 1 is 1.31 bits per heavy atom. The summed E-state index contributed by atoms with van der Waals surface area (Å²) >= 11 is 0. The zero-order valence-corrected chi connectivity index (χ0v) is 15.0. The molecule has 0 spiro atoms. The van der Waals surface area contributed by atoms with E-state index in [9.17, 15) is 14.4 Å². The highest BCUT2D eigenvalue weighted by molar-refractivity contribution is 6.06. The Morgan fingerprint density at radius 3 is 2.85 bits per heavy atom. The third kappa shape index (κ3) is 3.71. The molecule has 3 N–H and O–H groups in total. The first kappa shape index (κ1) is 18.0. The van der Waals surface area contributed by atoms with E-state index in [1.54, 1.807) is 0 Å². The van der Waals surface area contributed by atoms with Crippen LogP contribution < -0.4 is 10.6 Å². The normalized spacial score (nSPS) is 18.2. The molecule has 1 aliphatic heterocycles. The quantitative estimate of drug-likeness (QED) is 0.662. The van der Waals surface area contributed by atoms with Crippen LogP contribution in [0.25, 0.3) is 10.9 Å². The van der Waals surface area contributed by atoms with Gasteiger partial charge < -0.3 is 15.6 Å². The Hall–Kier alpha value is -2.83. The van der Waals surface area contributed by atoms with Gasteiger partial charge in [-0.25, -0.2) is 4.79 Å². The van der Waals surface area contributed by atoms with E-state index in [2.05, 4.69) is 15.6 Å². The molecule has 0 unspecified atom stereocenters. The van der Waals surface area contributed by atoms with E-state index in [-0.39, 0.29) is 24.4 Å². The largest absolute Gasteiger partial charge is 0.361 e. The van der Waals surface area contributed by atoms with Crippen LogP contribution in [0.2, 0.25) is 0 Å². The summed E-state index contributed by atoms with van der Waals surface area (Å²) in [6, 6.07) is 6.66. The van der Waals surface area contributed by atoms with Gasteiger partial charge in [-0.3, -0.25) is 14.5 Å². The number of hydrogen-bond acceptors (Lipinski definition) is 3. The molecule has 138 valence electrons. The molecule has 1 aromatic heterocycles. The Morgan fingerprint density at radius 2 is 2.08 bits per heavy atom. The van der Waals surface area contributed by atoms with Gasteiger partial charge in [0.05, 0.1) is 0 Å². The van der Waals surface area contributed by atoms with E-state index in [0.717, 1.165) is 34.2 Å². The maximum atomic E-state index is 12.6. The van der Waals surface area contributed by atoms with Gasteiger partial charge in [0.2, 0.25) is 5.91 Å². The van der Waals surface area contributed by atoms with Crippen molar-refractivity contribution in [2.24, 2.45) is 0 Å². The third-order valence-corrected chi connectivity index (χ3v) is 4.64. The van der Waals surface area contributed by atoms with Crippen LogP contribution in [0.3, 0.4) is 0 Å². The molecule has 0 aliphatic carbocycles. The minimum Gasteiger partial charge on any atom is -0.361 e. The van der Waals surface area contributed by atoms with Crippen LogP contribution in [0.5, 0.6) is 0 Å². The Kier molecular flexibility index (Phi) is 5.25. The Bertz CT molecular complexity index is 829. The second-order valence-corrected chi connectivity index (χ2v) is 6.75. The highest BCUT2D eigenvalue weighted by atomic mass is 16.2. The number of H-pyrrole nitrogens is 1. The fourth-order valence-corrected chi connectivity index (χ4v) is 3.35. The van der Waals surface area contributed by atoms with Crippen LogP contribution in [0.1, 0.15) is 32.3 Å². The van der Waals surface area contributed by atoms with Crippen molar-refractivity contribution in [3.63, 3.8) is 0 Å². The summed E-state index contributed by atoms with van der Waals surface area (Å²) in [6.07, 6.45) is 4.05. The number of urea groups is 1. The monoisotopic (exact) mass is 356 g/mol. The molecule has 1 saturated heterocycles. The van der Waals surface area contributed by atoms with Crippen molar-refractivity contribution in [1.82, 2.24) is 20.5 Å². The molecule has 0 bridgehead atoms. The Balaban J connectivity index is 1.64. The van der Waals surface area contributed by atoms with E-state index in [1.807, 2.05) is 44.3 Å². The molecule has 3 rings (SSSR count). The molecule has 26 heavy (non-hydrogen) atoms. The lowest BCUT2D eigenvalue weighted by Gasteiger charge is -2.16. The number of carbonyl (C=O) groups excluding carboxylic acids is 3. The van der Waals surface area contributed by atoms with Crippen molar-refractivity contribution >= 4 is 28.7 Å². The molecule has 0 radical (unpaired) electrons. The van der Waals surface area contributed by atoms with Crippen molar-refractivity contribution in [3.8, 4) is 0 Å². The standard InChI is InChI=1S/C19H24N4O3/c1-3-6-12(2)21-17(24)11-23-18(25)16(22-19(23)26)9-13-10-20-15-8-5-4-7-14(13)15/h4-5,7-8,10,12,16,20H,3,6,9,11H2,1-2H3,(H,21,24)(H,22,26)/t12-,16-/m0/s1. The summed E-state index contributed by atoms with van der Waals surface area (Å²) in [5, 5.41) is 6.53. The molecule has 1 aliphatic rings. The number of nitrogens with one attached hydrogen (secondary N) is 3. The molecular formula is C19H24N4O3. The van der Waals surface area contributed by atoms with E-state index < -0.39 is 12.1 Å². The number of amides is 4. The molecule has 2 atom stereocenters. The van der Waals surface area contributed by atoms with Crippen molar-refractivity contribution in [3.05, 3.63) is 36.0 Å². The zero-order chi connectivity index (χ0) is 18.7. The highest BCUT2D eigenvalue weighted by Crippen LogP contribution is 2.21. The second-order valence-electron chi connectivity index (χ2n) is 6.75. The molecule has 2 aromatic rings. The summed E-state index contributed by atoms with van der Waals surface area (Å²) < 4.78 is 0. The number of fused-ring (bicyclic) bond motifs is 1. The van der Waals surface area contributed by atoms with E-state index in [1.165, 1.54) is 0 Å². The van der Waals surface area contributed by atoms with E-state index in [0.29, 0.717) is 6.42 Å². The highest BCUT2D eigenvalue weighted by Gasteiger charge is 2.39. The maximum Gasteiger partial charge on any atom is 0.325 e. The summed E-state index contributed by atoms with van der Waals surface area (Å²) in [5.74, 6) is -0.680. The van der Waals surface area contributed by atoms with Gasteiger partial charge in [0, 0.05) is 29.6 Å². The van der Waals surface area contributed by atoms with Gasteiger partial charge in [-0.05, 0) is 25.0 Å². The average Bonchev–Trinajstić information content (AvgIpc) is 3.12. The van der Waals surface area contributed by atoms with Crippen molar-refractivity contribution in [1.29, 1.82) is 0 Å². The number of nitrogens with zero attached hydrogens (tertiary/aromatic N) is 1. The minimum atomic E-state index is -0.650. The first-order valence-corrected chi connectivity index (χ1v) is 8.95. The fraction of sp³-hybridized carbons (Fsp3) is 0.421. The average molecular weight is 356 g/mol. The summed E-state index contributed by atoms with van der Waals surface area (Å²) in [4.78, 5) is 41.0. The summed E-state index contributed by atoms with van der Waals surface area (Å²) in [7, 11) is 0. The molecule has 7 heteroatoms. The minimum absolute atomic E-state index is 0.0234. The van der Waals surface area contributed by atoms with Gasteiger partial charge >= 0.3 is 6.03 Å². The van der Waals surface area contributed by atoms with Gasteiger partial charge in [0.15, 0.2) is 0 Å². The smallest absolute Gasteiger partial charge is 0.325 e. The number of imide groups is 1. The SMILES string of the molecule is CCC[C@H](C)NC(=O)CN1C(=O)N[C@@H](Cc2c[nH]c3ccccc23)C1=O. The second kappa shape index (κ2) is 7.59. The lowest BCUT2D eigenvalue weighted by molar-refractivity contribution is -0.132. The van der Waals surface area contributed by atoms with E-state index in [4.69, 9.17) is 0 Å². The number of benzene rings is 1. The van der Waals surface area contributed by atoms with Gasteiger partial charge in [-0.2, -0.15) is 0 Å². The van der Waals surface area contributed by atoms with Gasteiger partial charge in [-0.1, -0.05) is 31.5 Å². The van der Waals surface area contributed by atoms with Crippen molar-refractivity contribution in [2.75, 3.05) is 6.54 Å². The number of para-hydroxylation sites is 1. The summed E-state index contributed by atoms with van der Waals surface area (Å²) in [6.45, 7) is 3.70. The number of aromatic nitrogens is 1. The van der Waals surface area contributed by atoms with Crippen LogP contribution >= 0.6 is 0 Å². The topological polar surface area (TPSA) is 94.3 Å². The lowest BCUT2D eigenvalue weighted by atomic mass is 10.1. The molecule has 4 amide bonds. The molecular weight excluding hydrogens is 332 g/mol. The first-order valence-electron chi connectivity index (χ1n) is 8.95. The molecule has 7 nitrogen and oxygen atoms in total. The molecule has 0 saturated carbocycles. The third-order valence-electron chi connectivity index (χ3n) is 4.64. The fourth-order valence-electron chi connectivity index (χ4n) is 3.35. The predicted octanol–water partition coefficient (Wildman–Crippen LogP) is 1.94. The van der Waals surface area contributed by atoms with Crippen molar-refractivity contribution < 1.29 is 14.4 Å². The maximum absolute atomic E-state index is 12.6. The number of rotatable bonds is 7. The number of aromatic amines is 1. The van der Waals surface area contributed by atoms with E-state index >= 15 is 0 Å². The van der Waals surface area contributed by atoms with Crippen LogP contribution in [-0.2, 0) is 16.0 Å². The van der Waals surface area contributed by atoms with Gasteiger partial charge in [-0.15, -0.1) is 0 Å². The van der Waals surface area contributed by atoms with Crippen molar-refractivity contribution in [2.45, 2.75) is 45.2 Å².